The van der Waals surface area contributed by atoms with E-state index in [1.165, 1.54) is 0 Å². The van der Waals surface area contributed by atoms with Gasteiger partial charge in [-0.15, -0.1) is 0 Å². The summed E-state index contributed by atoms with van der Waals surface area (Å²) >= 11 is 0. The topological polar surface area (TPSA) is 58.8 Å². The molecule has 1 amide bonds. The summed E-state index contributed by atoms with van der Waals surface area (Å²) in [5.41, 5.74) is 1.48. The van der Waals surface area contributed by atoms with Crippen LogP contribution in [0.5, 0.6) is 0 Å². The van der Waals surface area contributed by atoms with Gasteiger partial charge in [-0.3, -0.25) is 9.69 Å². The van der Waals surface area contributed by atoms with Crippen molar-refractivity contribution in [3.8, 4) is 0 Å². The number of hydrogen-bond acceptors (Lipinski definition) is 5. The molecule has 25 heavy (non-hydrogen) atoms. The first-order valence-electron chi connectivity index (χ1n) is 9.19. The molecular formula is C19H25N3O3. The smallest absolute Gasteiger partial charge is 0.228 e. The fourth-order valence-electron chi connectivity index (χ4n) is 4.10. The highest BCUT2D eigenvalue weighted by Gasteiger charge is 2.38. The van der Waals surface area contributed by atoms with Crippen molar-refractivity contribution in [1.29, 1.82) is 0 Å². The second-order valence-corrected chi connectivity index (χ2v) is 6.98. The van der Waals surface area contributed by atoms with Gasteiger partial charge in [-0.25, -0.2) is 0 Å². The first kappa shape index (κ1) is 16.5. The van der Waals surface area contributed by atoms with Crippen LogP contribution in [0.15, 0.2) is 28.8 Å². The zero-order valence-electron chi connectivity index (χ0n) is 14.7. The molecule has 2 unspecified atom stereocenters. The van der Waals surface area contributed by atoms with Crippen molar-refractivity contribution < 1.29 is 14.1 Å². The number of likely N-dealkylation sites (tertiary alicyclic amines) is 1. The Morgan fingerprint density at radius 2 is 2.04 bits per heavy atom. The predicted molar refractivity (Wildman–Crippen MR) is 94.3 cm³/mol. The van der Waals surface area contributed by atoms with E-state index in [0.717, 1.165) is 62.5 Å². The van der Waals surface area contributed by atoms with Crippen LogP contribution < -0.4 is 0 Å². The van der Waals surface area contributed by atoms with E-state index in [2.05, 4.69) is 17.0 Å². The van der Waals surface area contributed by atoms with E-state index in [1.54, 1.807) is 0 Å². The molecule has 0 N–H and O–H groups in total. The Balaban J connectivity index is 1.45. The fraction of sp³-hybridized carbons (Fsp3) is 0.579. The number of amides is 1. The maximum Gasteiger partial charge on any atom is 0.228 e. The average Bonchev–Trinajstić information content (AvgIpc) is 3.27. The maximum absolute atomic E-state index is 12.8. The Morgan fingerprint density at radius 1 is 1.24 bits per heavy atom. The Labute approximate surface area is 147 Å². The summed E-state index contributed by atoms with van der Waals surface area (Å²) in [4.78, 5) is 17.4. The summed E-state index contributed by atoms with van der Waals surface area (Å²) < 4.78 is 10.8. The van der Waals surface area contributed by atoms with Gasteiger partial charge < -0.3 is 14.2 Å². The fourth-order valence-corrected chi connectivity index (χ4v) is 4.10. The van der Waals surface area contributed by atoms with E-state index in [-0.39, 0.29) is 5.91 Å². The number of aromatic nitrogens is 1. The van der Waals surface area contributed by atoms with Crippen LogP contribution in [0.3, 0.4) is 0 Å². The largest absolute Gasteiger partial charge is 0.379 e. The molecule has 0 aliphatic carbocycles. The van der Waals surface area contributed by atoms with Crippen LogP contribution in [-0.4, -0.2) is 66.3 Å². The normalized spacial score (nSPS) is 24.9. The minimum atomic E-state index is 0.147. The van der Waals surface area contributed by atoms with Gasteiger partial charge in [0.2, 0.25) is 5.91 Å². The highest BCUT2D eigenvalue weighted by Crippen LogP contribution is 2.27. The van der Waals surface area contributed by atoms with Gasteiger partial charge in [0.05, 0.1) is 19.6 Å². The van der Waals surface area contributed by atoms with Crippen LogP contribution in [0.4, 0.5) is 0 Å². The number of morpholine rings is 1. The van der Waals surface area contributed by atoms with Crippen molar-refractivity contribution in [1.82, 2.24) is 15.0 Å². The van der Waals surface area contributed by atoms with Crippen molar-refractivity contribution in [2.24, 2.45) is 5.92 Å². The van der Waals surface area contributed by atoms with Gasteiger partial charge in [-0.2, -0.15) is 0 Å². The molecule has 6 nitrogen and oxygen atoms in total. The SMILES string of the molecule is CCC1CN(C(=O)Cc2noc3ccccc23)CC1N1CCOCC1. The Morgan fingerprint density at radius 3 is 2.84 bits per heavy atom. The Hall–Kier alpha value is -1.92. The molecule has 0 saturated carbocycles. The van der Waals surface area contributed by atoms with E-state index in [1.807, 2.05) is 29.2 Å². The molecule has 134 valence electrons. The van der Waals surface area contributed by atoms with Gasteiger partial charge in [-0.1, -0.05) is 30.6 Å². The molecule has 1 aromatic heterocycles. The molecule has 3 heterocycles. The van der Waals surface area contributed by atoms with Crippen molar-refractivity contribution in [2.45, 2.75) is 25.8 Å². The molecule has 2 saturated heterocycles. The van der Waals surface area contributed by atoms with Crippen molar-refractivity contribution in [3.05, 3.63) is 30.0 Å². The van der Waals surface area contributed by atoms with Gasteiger partial charge in [0.15, 0.2) is 5.58 Å². The lowest BCUT2D eigenvalue weighted by Gasteiger charge is -2.34. The lowest BCUT2D eigenvalue weighted by Crippen LogP contribution is -2.47. The maximum atomic E-state index is 12.8. The summed E-state index contributed by atoms with van der Waals surface area (Å²) in [5.74, 6) is 0.685. The molecule has 2 atom stereocenters. The molecule has 0 radical (unpaired) electrons. The molecule has 4 rings (SSSR count). The van der Waals surface area contributed by atoms with E-state index in [4.69, 9.17) is 9.26 Å². The molecule has 2 aliphatic heterocycles. The highest BCUT2D eigenvalue weighted by molar-refractivity contribution is 5.86. The van der Waals surface area contributed by atoms with Crippen LogP contribution in [0.25, 0.3) is 11.0 Å². The molecule has 2 aliphatic rings. The van der Waals surface area contributed by atoms with Gasteiger partial charge in [0, 0.05) is 37.6 Å². The molecule has 2 fully saturated rings. The summed E-state index contributed by atoms with van der Waals surface area (Å²) in [5, 5.41) is 5.04. The summed E-state index contributed by atoms with van der Waals surface area (Å²) in [6.45, 7) is 7.41. The minimum absolute atomic E-state index is 0.147. The molecular weight excluding hydrogens is 318 g/mol. The molecule has 0 spiro atoms. The average molecular weight is 343 g/mol. The molecule has 0 bridgehead atoms. The van der Waals surface area contributed by atoms with E-state index >= 15 is 0 Å². The van der Waals surface area contributed by atoms with Crippen LogP contribution in [0, 0.1) is 5.92 Å². The number of rotatable bonds is 4. The number of carbonyl (C=O) groups is 1. The minimum Gasteiger partial charge on any atom is -0.379 e. The highest BCUT2D eigenvalue weighted by atomic mass is 16.5. The van der Waals surface area contributed by atoms with Crippen molar-refractivity contribution in [2.75, 3.05) is 39.4 Å². The molecule has 1 aromatic carbocycles. The molecule has 2 aromatic rings. The summed E-state index contributed by atoms with van der Waals surface area (Å²) in [6.07, 6.45) is 1.40. The third-order valence-corrected chi connectivity index (χ3v) is 5.57. The van der Waals surface area contributed by atoms with Gasteiger partial charge in [0.1, 0.15) is 5.69 Å². The quantitative estimate of drug-likeness (QED) is 0.849. The van der Waals surface area contributed by atoms with Gasteiger partial charge in [-0.05, 0) is 18.1 Å². The lowest BCUT2D eigenvalue weighted by molar-refractivity contribution is -0.129. The van der Waals surface area contributed by atoms with Crippen molar-refractivity contribution >= 4 is 16.9 Å². The number of para-hydroxylation sites is 1. The van der Waals surface area contributed by atoms with Gasteiger partial charge in [0.25, 0.3) is 0 Å². The number of benzene rings is 1. The Kier molecular flexibility index (Phi) is 4.72. The summed E-state index contributed by atoms with van der Waals surface area (Å²) in [7, 11) is 0. The molecule has 6 heteroatoms. The zero-order valence-corrected chi connectivity index (χ0v) is 14.7. The van der Waals surface area contributed by atoms with Crippen LogP contribution >= 0.6 is 0 Å². The summed E-state index contributed by atoms with van der Waals surface area (Å²) in [6, 6.07) is 8.16. The van der Waals surface area contributed by atoms with Crippen LogP contribution in [0.2, 0.25) is 0 Å². The van der Waals surface area contributed by atoms with E-state index in [9.17, 15) is 4.79 Å². The van der Waals surface area contributed by atoms with E-state index < -0.39 is 0 Å². The first-order chi connectivity index (χ1) is 12.3. The van der Waals surface area contributed by atoms with Crippen LogP contribution in [-0.2, 0) is 16.0 Å². The van der Waals surface area contributed by atoms with Gasteiger partial charge >= 0.3 is 0 Å². The van der Waals surface area contributed by atoms with E-state index in [0.29, 0.717) is 18.4 Å². The third-order valence-electron chi connectivity index (χ3n) is 5.57. The number of nitrogens with zero attached hydrogens (tertiary/aromatic N) is 3. The Bertz CT molecular complexity index is 738. The monoisotopic (exact) mass is 343 g/mol. The first-order valence-corrected chi connectivity index (χ1v) is 9.19. The number of carbonyl (C=O) groups excluding carboxylic acids is 1. The lowest BCUT2D eigenvalue weighted by atomic mass is 9.99. The number of ether oxygens (including phenoxy) is 1. The number of fused-ring (bicyclic) bond motifs is 1. The predicted octanol–water partition coefficient (Wildman–Crippen LogP) is 1.94. The number of hydrogen-bond donors (Lipinski definition) is 0. The standard InChI is InChI=1S/C19H25N3O3/c1-2-14-12-22(13-17(14)21-7-9-24-10-8-21)19(23)11-16-15-5-3-4-6-18(15)25-20-16/h3-6,14,17H,2,7-13H2,1H3. The van der Waals surface area contributed by atoms with Crippen molar-refractivity contribution in [3.63, 3.8) is 0 Å². The third kappa shape index (κ3) is 3.28. The zero-order chi connectivity index (χ0) is 17.2. The second-order valence-electron chi connectivity index (χ2n) is 6.98. The second kappa shape index (κ2) is 7.14. The van der Waals surface area contributed by atoms with Crippen LogP contribution in [0.1, 0.15) is 19.0 Å².